The molecule has 1 aliphatic rings. The Morgan fingerprint density at radius 1 is 0.925 bits per heavy atom. The topological polar surface area (TPSA) is 103 Å². The summed E-state index contributed by atoms with van der Waals surface area (Å²) in [5, 5.41) is 2.22. The first-order valence-electron chi connectivity index (χ1n) is 12.3. The van der Waals surface area contributed by atoms with Gasteiger partial charge in [-0.25, -0.2) is 14.1 Å². The largest absolute Gasteiger partial charge is 0.494 e. The average Bonchev–Trinajstić information content (AvgIpc) is 2.92. The van der Waals surface area contributed by atoms with Crippen LogP contribution in [-0.2, 0) is 16.2 Å². The van der Waals surface area contributed by atoms with Crippen molar-refractivity contribution in [1.82, 2.24) is 5.32 Å². The van der Waals surface area contributed by atoms with E-state index < -0.39 is 17.8 Å². The lowest BCUT2D eigenvalue weighted by Gasteiger charge is -2.28. The number of urea groups is 1. The molecule has 0 unspecified atom stereocenters. The first-order valence-corrected chi connectivity index (χ1v) is 13.4. The second-order valence-electron chi connectivity index (χ2n) is 8.40. The highest BCUT2D eigenvalue weighted by molar-refractivity contribution is 14.1. The minimum atomic E-state index is -0.904. The van der Waals surface area contributed by atoms with Crippen LogP contribution in [0.25, 0.3) is 6.08 Å². The average molecular weight is 660 g/mol. The molecule has 0 radical (unpaired) electrons. The van der Waals surface area contributed by atoms with Crippen LogP contribution in [0.1, 0.15) is 25.0 Å². The highest BCUT2D eigenvalue weighted by Crippen LogP contribution is 2.37. The number of methoxy groups -OCH3 is 1. The van der Waals surface area contributed by atoms with Crippen LogP contribution in [-0.4, -0.2) is 38.2 Å². The number of carbonyl (C=O) groups excluding carboxylic acids is 3. The summed E-state index contributed by atoms with van der Waals surface area (Å²) in [5.41, 5.74) is 1.11. The van der Waals surface area contributed by atoms with Gasteiger partial charge in [-0.05, 0) is 90.0 Å². The van der Waals surface area contributed by atoms with Crippen molar-refractivity contribution in [2.24, 2.45) is 0 Å². The Bertz CT molecular complexity index is 1470. The number of hydrogen-bond donors (Lipinski definition) is 1. The minimum Gasteiger partial charge on any atom is -0.494 e. The lowest BCUT2D eigenvalue weighted by Crippen LogP contribution is -2.54. The van der Waals surface area contributed by atoms with Crippen molar-refractivity contribution >= 4 is 52.2 Å². The van der Waals surface area contributed by atoms with Gasteiger partial charge in [-0.15, -0.1) is 0 Å². The predicted molar refractivity (Wildman–Crippen MR) is 154 cm³/mol. The highest BCUT2D eigenvalue weighted by Gasteiger charge is 2.38. The van der Waals surface area contributed by atoms with E-state index in [1.165, 1.54) is 31.4 Å². The van der Waals surface area contributed by atoms with Crippen LogP contribution >= 0.6 is 22.6 Å². The molecule has 0 bridgehead atoms. The summed E-state index contributed by atoms with van der Waals surface area (Å²) in [4.78, 5) is 40.0. The van der Waals surface area contributed by atoms with E-state index in [9.17, 15) is 18.8 Å². The van der Waals surface area contributed by atoms with Gasteiger partial charge in [-0.2, -0.15) is 0 Å². The van der Waals surface area contributed by atoms with Gasteiger partial charge in [-0.1, -0.05) is 12.1 Å². The highest BCUT2D eigenvalue weighted by atomic mass is 127. The number of imide groups is 2. The monoisotopic (exact) mass is 660 g/mol. The van der Waals surface area contributed by atoms with Crippen LogP contribution < -0.4 is 29.2 Å². The molecule has 0 aromatic heterocycles. The molecule has 4 rings (SSSR count). The third-order valence-electron chi connectivity index (χ3n) is 5.74. The number of nitrogens with zero attached hydrogens (tertiary/aromatic N) is 1. The summed E-state index contributed by atoms with van der Waals surface area (Å²) in [6.45, 7) is 4.42. The SMILES string of the molecule is CCOc1ccc(OCC)c(N2C(=O)NC(=O)/C(=C\c3cc(I)c(OCc4ccc(F)cc4)c(OC)c3)C2=O)c1. The molecule has 1 heterocycles. The van der Waals surface area contributed by atoms with Crippen molar-refractivity contribution < 1.29 is 37.7 Å². The molecule has 0 atom stereocenters. The molecule has 1 fully saturated rings. The Morgan fingerprint density at radius 3 is 2.33 bits per heavy atom. The Morgan fingerprint density at radius 2 is 1.65 bits per heavy atom. The van der Waals surface area contributed by atoms with Gasteiger partial charge < -0.3 is 18.9 Å². The quantitative estimate of drug-likeness (QED) is 0.175. The van der Waals surface area contributed by atoms with Crippen LogP contribution in [0.15, 0.2) is 60.2 Å². The zero-order chi connectivity index (χ0) is 28.8. The number of rotatable bonds is 10. The summed E-state index contributed by atoms with van der Waals surface area (Å²) in [7, 11) is 1.46. The predicted octanol–water partition coefficient (Wildman–Crippen LogP) is 5.48. The molecule has 3 aromatic rings. The Kier molecular flexibility index (Phi) is 9.25. The maximum absolute atomic E-state index is 13.6. The van der Waals surface area contributed by atoms with Gasteiger partial charge in [0.15, 0.2) is 11.5 Å². The van der Waals surface area contributed by atoms with Crippen LogP contribution in [0.3, 0.4) is 0 Å². The van der Waals surface area contributed by atoms with E-state index in [2.05, 4.69) is 27.9 Å². The van der Waals surface area contributed by atoms with E-state index in [-0.39, 0.29) is 29.4 Å². The molecule has 1 N–H and O–H groups in total. The lowest BCUT2D eigenvalue weighted by molar-refractivity contribution is -0.122. The first-order chi connectivity index (χ1) is 19.2. The Hall–Kier alpha value is -4.13. The number of ether oxygens (including phenoxy) is 4. The number of amides is 4. The third-order valence-corrected chi connectivity index (χ3v) is 6.54. The van der Waals surface area contributed by atoms with Crippen molar-refractivity contribution in [1.29, 1.82) is 0 Å². The number of hydrogen-bond acceptors (Lipinski definition) is 7. The fourth-order valence-electron chi connectivity index (χ4n) is 3.95. The summed E-state index contributed by atoms with van der Waals surface area (Å²) in [6, 6.07) is 13.1. The molecular formula is C29H26FIN2O7. The van der Waals surface area contributed by atoms with Gasteiger partial charge >= 0.3 is 6.03 Å². The number of anilines is 1. The van der Waals surface area contributed by atoms with E-state index >= 15 is 0 Å². The molecule has 0 spiro atoms. The molecule has 9 nitrogen and oxygen atoms in total. The van der Waals surface area contributed by atoms with Crippen molar-refractivity contribution in [3.05, 3.63) is 80.7 Å². The molecule has 1 aliphatic heterocycles. The van der Waals surface area contributed by atoms with Gasteiger partial charge in [0.1, 0.15) is 29.5 Å². The number of benzene rings is 3. The van der Waals surface area contributed by atoms with Crippen molar-refractivity contribution in [2.45, 2.75) is 20.5 Å². The van der Waals surface area contributed by atoms with Crippen molar-refractivity contribution in [3.63, 3.8) is 0 Å². The molecule has 3 aromatic carbocycles. The van der Waals surface area contributed by atoms with Gasteiger partial charge in [0.05, 0.1) is 29.6 Å². The molecule has 11 heteroatoms. The maximum Gasteiger partial charge on any atom is 0.336 e. The summed E-state index contributed by atoms with van der Waals surface area (Å²) < 4.78 is 36.5. The van der Waals surface area contributed by atoms with Gasteiger partial charge in [0.2, 0.25) is 0 Å². The molecule has 0 saturated carbocycles. The van der Waals surface area contributed by atoms with E-state index in [1.807, 2.05) is 6.92 Å². The summed E-state index contributed by atoms with van der Waals surface area (Å²) in [6.07, 6.45) is 1.37. The van der Waals surface area contributed by atoms with Crippen LogP contribution in [0, 0.1) is 9.39 Å². The smallest absolute Gasteiger partial charge is 0.336 e. The van der Waals surface area contributed by atoms with Crippen LogP contribution in [0.4, 0.5) is 14.9 Å². The fraction of sp³-hybridized carbons (Fsp3) is 0.207. The number of carbonyl (C=O) groups is 3. The number of halogens is 2. The lowest BCUT2D eigenvalue weighted by atomic mass is 10.1. The molecule has 40 heavy (non-hydrogen) atoms. The van der Waals surface area contributed by atoms with Crippen LogP contribution in [0.5, 0.6) is 23.0 Å². The number of barbiturate groups is 1. The molecule has 208 valence electrons. The maximum atomic E-state index is 13.6. The summed E-state index contributed by atoms with van der Waals surface area (Å²) in [5.74, 6) is -0.488. The second kappa shape index (κ2) is 12.8. The zero-order valence-electron chi connectivity index (χ0n) is 22.0. The molecular weight excluding hydrogens is 634 g/mol. The van der Waals surface area contributed by atoms with Gasteiger partial charge in [0, 0.05) is 6.07 Å². The van der Waals surface area contributed by atoms with E-state index in [0.29, 0.717) is 39.6 Å². The van der Waals surface area contributed by atoms with E-state index in [1.54, 1.807) is 43.3 Å². The molecule has 1 saturated heterocycles. The van der Waals surface area contributed by atoms with Gasteiger partial charge in [-0.3, -0.25) is 14.9 Å². The van der Waals surface area contributed by atoms with E-state index in [4.69, 9.17) is 18.9 Å². The second-order valence-corrected chi connectivity index (χ2v) is 9.56. The normalized spacial score (nSPS) is 14.3. The third kappa shape index (κ3) is 6.36. The molecule has 4 amide bonds. The standard InChI is InChI=1S/C29H26FIN2O7/c1-4-38-20-10-11-24(39-5-2)23(15-20)33-28(35)21(27(34)32-29(33)36)12-18-13-22(31)26(25(14-18)37-3)40-16-17-6-8-19(30)9-7-17/h6-15H,4-5,16H2,1-3H3,(H,32,34,36)/b21-12+. The van der Waals surface area contributed by atoms with Gasteiger partial charge in [0.25, 0.3) is 11.8 Å². The first kappa shape index (κ1) is 28.9. The Labute approximate surface area is 244 Å². The number of nitrogens with one attached hydrogen (secondary N) is 1. The van der Waals surface area contributed by atoms with Crippen molar-refractivity contribution in [2.75, 3.05) is 25.2 Å². The van der Waals surface area contributed by atoms with Crippen molar-refractivity contribution in [3.8, 4) is 23.0 Å². The summed E-state index contributed by atoms with van der Waals surface area (Å²) >= 11 is 2.05. The molecule has 0 aliphatic carbocycles. The minimum absolute atomic E-state index is 0.144. The van der Waals surface area contributed by atoms with E-state index in [0.717, 1.165) is 10.5 Å². The zero-order valence-corrected chi connectivity index (χ0v) is 24.1. The fourth-order valence-corrected chi connectivity index (χ4v) is 4.73. The van der Waals surface area contributed by atoms with Crippen LogP contribution in [0.2, 0.25) is 0 Å². The Balaban J connectivity index is 1.67.